The molecular formula is C23H26F3N3O5. The molecule has 1 amide bonds. The number of alkyl halides is 3. The van der Waals surface area contributed by atoms with Gasteiger partial charge in [0.2, 0.25) is 0 Å². The summed E-state index contributed by atoms with van der Waals surface area (Å²) in [4.78, 5) is 28.0. The van der Waals surface area contributed by atoms with Crippen molar-refractivity contribution >= 4 is 23.0 Å². The van der Waals surface area contributed by atoms with E-state index in [4.69, 9.17) is 4.74 Å². The maximum absolute atomic E-state index is 12.6. The minimum Gasteiger partial charge on any atom is -0.477 e. The third-order valence-corrected chi connectivity index (χ3v) is 4.06. The van der Waals surface area contributed by atoms with Gasteiger partial charge in [0.25, 0.3) is 0 Å². The van der Waals surface area contributed by atoms with Crippen molar-refractivity contribution in [1.82, 2.24) is 14.9 Å². The third-order valence-electron chi connectivity index (χ3n) is 4.06. The molecule has 0 aliphatic heterocycles. The Bertz CT molecular complexity index is 1170. The second kappa shape index (κ2) is 10.4. The molecular weight excluding hydrogens is 455 g/mol. The van der Waals surface area contributed by atoms with Crippen LogP contribution in [0, 0.1) is 0 Å². The molecule has 0 fully saturated rings. The average molecular weight is 481 g/mol. The lowest BCUT2D eigenvalue weighted by atomic mass is 10.2. The summed E-state index contributed by atoms with van der Waals surface area (Å²) in [6, 6.07) is 9.52. The number of aromatic nitrogens is 2. The molecule has 0 aliphatic carbocycles. The number of aromatic carboxylic acids is 1. The molecule has 184 valence electrons. The van der Waals surface area contributed by atoms with Gasteiger partial charge < -0.3 is 19.9 Å². The highest BCUT2D eigenvalue weighted by Crippen LogP contribution is 2.30. The molecule has 3 aromatic rings. The lowest BCUT2D eigenvalue weighted by Gasteiger charge is -2.19. The Hall–Kier alpha value is -3.76. The highest BCUT2D eigenvalue weighted by atomic mass is 19.4. The van der Waals surface area contributed by atoms with Gasteiger partial charge in [0, 0.05) is 11.5 Å². The first-order valence-electron chi connectivity index (χ1n) is 10.4. The summed E-state index contributed by atoms with van der Waals surface area (Å²) in [5.41, 5.74) is -0.340. The number of benzene rings is 1. The number of amides is 1. The number of ether oxygens (including phenoxy) is 2. The van der Waals surface area contributed by atoms with Crippen LogP contribution in [0.4, 0.5) is 18.0 Å². The summed E-state index contributed by atoms with van der Waals surface area (Å²) in [5.74, 6) is -1.65. The Morgan fingerprint density at radius 2 is 1.76 bits per heavy atom. The van der Waals surface area contributed by atoms with Crippen molar-refractivity contribution in [3.05, 3.63) is 53.9 Å². The number of pyridine rings is 1. The number of halogens is 3. The van der Waals surface area contributed by atoms with Crippen molar-refractivity contribution in [3.8, 4) is 11.6 Å². The van der Waals surface area contributed by atoms with E-state index in [-0.39, 0.29) is 23.6 Å². The number of carboxylic acids is 1. The van der Waals surface area contributed by atoms with Crippen LogP contribution < -0.4 is 10.1 Å². The highest BCUT2D eigenvalue weighted by Gasteiger charge is 2.31. The lowest BCUT2D eigenvalue weighted by molar-refractivity contribution is -0.274. The Balaban J connectivity index is 0.00000199. The van der Waals surface area contributed by atoms with E-state index in [1.807, 2.05) is 13.8 Å². The molecule has 0 spiro atoms. The largest absolute Gasteiger partial charge is 0.573 e. The topological polar surface area (TPSA) is 103 Å². The van der Waals surface area contributed by atoms with Gasteiger partial charge >= 0.3 is 18.4 Å². The normalized spacial score (nSPS) is 11.4. The van der Waals surface area contributed by atoms with Crippen LogP contribution >= 0.6 is 0 Å². The molecule has 0 saturated carbocycles. The quantitative estimate of drug-likeness (QED) is 0.487. The molecule has 0 unspecified atom stereocenters. The second-order valence-corrected chi connectivity index (χ2v) is 7.78. The Kier molecular flexibility index (Phi) is 8.14. The van der Waals surface area contributed by atoms with Gasteiger partial charge in [-0.3, -0.25) is 4.57 Å². The molecule has 34 heavy (non-hydrogen) atoms. The fourth-order valence-corrected chi connectivity index (χ4v) is 2.95. The fraction of sp³-hybridized carbons (Fsp3) is 0.348. The van der Waals surface area contributed by atoms with Gasteiger partial charge in [0.05, 0.1) is 17.8 Å². The van der Waals surface area contributed by atoms with Crippen molar-refractivity contribution in [3.63, 3.8) is 0 Å². The average Bonchev–Trinajstić information content (AvgIpc) is 3.11. The number of hydrogen-bond donors (Lipinski definition) is 2. The van der Waals surface area contributed by atoms with E-state index in [0.29, 0.717) is 11.1 Å². The monoisotopic (exact) mass is 481 g/mol. The molecule has 8 nitrogen and oxygen atoms in total. The SMILES string of the molecule is CC.CC(C)(C)OC(=O)NCc1cccc(-n2c(C(=O)O)cc3ccc(OC(F)(F)F)cc32)n1. The number of alkyl carbamates (subject to hydrolysis) is 1. The van der Waals surface area contributed by atoms with E-state index in [0.717, 1.165) is 12.1 Å². The summed E-state index contributed by atoms with van der Waals surface area (Å²) in [5, 5.41) is 12.5. The summed E-state index contributed by atoms with van der Waals surface area (Å²) < 4.78 is 48.2. The van der Waals surface area contributed by atoms with Gasteiger partial charge in [0.15, 0.2) is 0 Å². The molecule has 1 aromatic carbocycles. The number of fused-ring (bicyclic) bond motifs is 1. The summed E-state index contributed by atoms with van der Waals surface area (Å²) in [6.07, 6.45) is -5.55. The molecule has 3 rings (SSSR count). The minimum atomic E-state index is -4.90. The number of carbonyl (C=O) groups excluding carboxylic acids is 1. The van der Waals surface area contributed by atoms with Crippen LogP contribution in [0.5, 0.6) is 5.75 Å². The zero-order valence-corrected chi connectivity index (χ0v) is 19.4. The summed E-state index contributed by atoms with van der Waals surface area (Å²) in [6.45, 7) is 9.14. The van der Waals surface area contributed by atoms with Crippen molar-refractivity contribution in [2.75, 3.05) is 0 Å². The van der Waals surface area contributed by atoms with E-state index in [1.165, 1.54) is 22.8 Å². The lowest BCUT2D eigenvalue weighted by Crippen LogP contribution is -2.32. The highest BCUT2D eigenvalue weighted by molar-refractivity contribution is 5.96. The molecule has 0 bridgehead atoms. The van der Waals surface area contributed by atoms with Crippen LogP contribution in [0.25, 0.3) is 16.7 Å². The van der Waals surface area contributed by atoms with Crippen molar-refractivity contribution in [1.29, 1.82) is 0 Å². The van der Waals surface area contributed by atoms with E-state index in [2.05, 4.69) is 15.0 Å². The van der Waals surface area contributed by atoms with Crippen molar-refractivity contribution in [2.24, 2.45) is 0 Å². The Labute approximate surface area is 194 Å². The first-order chi connectivity index (χ1) is 15.8. The number of rotatable bonds is 5. The first kappa shape index (κ1) is 26.5. The van der Waals surface area contributed by atoms with Gasteiger partial charge in [-0.25, -0.2) is 14.6 Å². The van der Waals surface area contributed by atoms with Crippen LogP contribution in [-0.4, -0.2) is 38.7 Å². The van der Waals surface area contributed by atoms with Crippen LogP contribution in [0.3, 0.4) is 0 Å². The van der Waals surface area contributed by atoms with Crippen molar-refractivity contribution < 1.29 is 37.3 Å². The third kappa shape index (κ3) is 7.12. The number of nitrogens with one attached hydrogen (secondary N) is 1. The molecule has 2 N–H and O–H groups in total. The maximum Gasteiger partial charge on any atom is 0.573 e. The molecule has 11 heteroatoms. The van der Waals surface area contributed by atoms with Crippen LogP contribution in [-0.2, 0) is 11.3 Å². The van der Waals surface area contributed by atoms with E-state index < -0.39 is 29.8 Å². The van der Waals surface area contributed by atoms with Gasteiger partial charge in [-0.05, 0) is 51.1 Å². The smallest absolute Gasteiger partial charge is 0.477 e. The zero-order chi connectivity index (χ0) is 25.7. The van der Waals surface area contributed by atoms with Crippen LogP contribution in [0.1, 0.15) is 50.8 Å². The van der Waals surface area contributed by atoms with Gasteiger partial charge in [-0.1, -0.05) is 19.9 Å². The molecule has 0 radical (unpaired) electrons. The molecule has 0 atom stereocenters. The van der Waals surface area contributed by atoms with E-state index in [9.17, 15) is 27.9 Å². The zero-order valence-electron chi connectivity index (χ0n) is 19.4. The number of hydrogen-bond acceptors (Lipinski definition) is 5. The maximum atomic E-state index is 12.6. The molecule has 2 aromatic heterocycles. The minimum absolute atomic E-state index is 0.00715. The molecule has 0 saturated heterocycles. The van der Waals surface area contributed by atoms with Gasteiger partial charge in [0.1, 0.15) is 22.9 Å². The predicted molar refractivity (Wildman–Crippen MR) is 119 cm³/mol. The predicted octanol–water partition coefficient (Wildman–Crippen LogP) is 5.67. The standard InChI is InChI=1S/C21H20F3N3O5.C2H6/c1-20(2,3)32-19(30)25-11-13-5-4-6-17(26-13)27-15-10-14(31-21(22,23)24)8-7-12(15)9-16(27)18(28)29;1-2/h4-10H,11H2,1-3H3,(H,25,30)(H,28,29);1-2H3. The number of nitrogens with zero attached hydrogens (tertiary/aromatic N) is 2. The van der Waals surface area contributed by atoms with Gasteiger partial charge in [-0.2, -0.15) is 0 Å². The van der Waals surface area contributed by atoms with Crippen molar-refractivity contribution in [2.45, 2.75) is 53.1 Å². The molecule has 2 heterocycles. The second-order valence-electron chi connectivity index (χ2n) is 7.78. The number of carbonyl (C=O) groups is 2. The van der Waals surface area contributed by atoms with E-state index in [1.54, 1.807) is 32.9 Å². The first-order valence-corrected chi connectivity index (χ1v) is 10.4. The van der Waals surface area contributed by atoms with Gasteiger partial charge in [-0.15, -0.1) is 13.2 Å². The Morgan fingerprint density at radius 3 is 2.35 bits per heavy atom. The van der Waals surface area contributed by atoms with E-state index >= 15 is 0 Å². The molecule has 0 aliphatic rings. The summed E-state index contributed by atoms with van der Waals surface area (Å²) in [7, 11) is 0. The van der Waals surface area contributed by atoms with Crippen LogP contribution in [0.2, 0.25) is 0 Å². The number of carboxylic acid groups (broad SMARTS) is 1. The Morgan fingerprint density at radius 1 is 1.09 bits per heavy atom. The van der Waals surface area contributed by atoms with Crippen LogP contribution in [0.15, 0.2) is 42.5 Å². The summed E-state index contributed by atoms with van der Waals surface area (Å²) >= 11 is 0. The fourth-order valence-electron chi connectivity index (χ4n) is 2.95.